The first-order chi connectivity index (χ1) is 12.8. The highest BCUT2D eigenvalue weighted by atomic mass is 16.5. The van der Waals surface area contributed by atoms with Crippen LogP contribution in [0.25, 0.3) is 0 Å². The topological polar surface area (TPSA) is 30.5 Å². The Morgan fingerprint density at radius 3 is 1.96 bits per heavy atom. The number of unbranched alkanes of at least 4 members (excludes halogenated alkanes) is 4. The fraction of sp³-hybridized carbons (Fsp3) is 0.478. The van der Waals surface area contributed by atoms with Crippen LogP contribution in [0, 0.1) is 0 Å². The van der Waals surface area contributed by atoms with Gasteiger partial charge in [0.25, 0.3) is 0 Å². The minimum atomic E-state index is 0.640. The molecule has 0 bridgehead atoms. The number of ether oxygens (including phenoxy) is 2. The lowest BCUT2D eigenvalue weighted by molar-refractivity contribution is 0.304. The molecule has 1 N–H and O–H groups in total. The third-order valence-electron chi connectivity index (χ3n) is 4.40. The lowest BCUT2D eigenvalue weighted by Gasteiger charge is -2.10. The predicted molar refractivity (Wildman–Crippen MR) is 111 cm³/mol. The monoisotopic (exact) mass is 355 g/mol. The van der Waals surface area contributed by atoms with E-state index >= 15 is 0 Å². The quantitative estimate of drug-likeness (QED) is 0.441. The van der Waals surface area contributed by atoms with E-state index in [4.69, 9.17) is 9.47 Å². The molecular formula is C23H33NO2. The van der Waals surface area contributed by atoms with Gasteiger partial charge in [0.2, 0.25) is 0 Å². The largest absolute Gasteiger partial charge is 0.494 e. The van der Waals surface area contributed by atoms with Gasteiger partial charge < -0.3 is 14.8 Å². The van der Waals surface area contributed by atoms with E-state index in [1.165, 1.54) is 31.2 Å². The highest BCUT2D eigenvalue weighted by molar-refractivity contribution is 5.46. The maximum atomic E-state index is 5.79. The van der Waals surface area contributed by atoms with Crippen LogP contribution < -0.4 is 14.8 Å². The average molecular weight is 356 g/mol. The van der Waals surface area contributed by atoms with Gasteiger partial charge in [0, 0.05) is 12.2 Å². The molecule has 0 aliphatic heterocycles. The van der Waals surface area contributed by atoms with Crippen molar-refractivity contribution in [3.8, 4) is 11.5 Å². The fourth-order valence-corrected chi connectivity index (χ4v) is 2.75. The maximum Gasteiger partial charge on any atom is 0.119 e. The standard InChI is InChI=1S/C23H33NO2/c1-3-5-6-7-8-18-25-23-15-11-21(12-16-23)24-17-19-26-22-13-9-20(4-2)10-14-22/h9-16,24H,3-8,17-19H2,1-2H3. The lowest BCUT2D eigenvalue weighted by Crippen LogP contribution is -2.11. The number of nitrogens with one attached hydrogen (secondary N) is 1. The molecule has 3 heteroatoms. The van der Waals surface area contributed by atoms with E-state index in [0.29, 0.717) is 6.61 Å². The normalized spacial score (nSPS) is 10.5. The zero-order valence-corrected chi connectivity index (χ0v) is 16.3. The van der Waals surface area contributed by atoms with Crippen LogP contribution in [-0.4, -0.2) is 19.8 Å². The number of benzene rings is 2. The summed E-state index contributed by atoms with van der Waals surface area (Å²) in [6, 6.07) is 16.5. The van der Waals surface area contributed by atoms with Crippen molar-refractivity contribution in [1.82, 2.24) is 0 Å². The summed E-state index contributed by atoms with van der Waals surface area (Å²) in [4.78, 5) is 0. The summed E-state index contributed by atoms with van der Waals surface area (Å²) >= 11 is 0. The summed E-state index contributed by atoms with van der Waals surface area (Å²) in [5.74, 6) is 1.87. The molecule has 0 fully saturated rings. The van der Waals surface area contributed by atoms with Crippen molar-refractivity contribution in [2.75, 3.05) is 25.1 Å². The lowest BCUT2D eigenvalue weighted by atomic mass is 10.2. The Bertz CT molecular complexity index is 593. The minimum Gasteiger partial charge on any atom is -0.494 e. The van der Waals surface area contributed by atoms with Crippen molar-refractivity contribution in [1.29, 1.82) is 0 Å². The zero-order valence-electron chi connectivity index (χ0n) is 16.3. The second-order valence-electron chi connectivity index (χ2n) is 6.56. The van der Waals surface area contributed by atoms with Gasteiger partial charge in [-0.15, -0.1) is 0 Å². The Kier molecular flexibility index (Phi) is 9.48. The molecule has 3 nitrogen and oxygen atoms in total. The van der Waals surface area contributed by atoms with Crippen molar-refractivity contribution < 1.29 is 9.47 Å². The van der Waals surface area contributed by atoms with Crippen LogP contribution in [-0.2, 0) is 6.42 Å². The minimum absolute atomic E-state index is 0.640. The van der Waals surface area contributed by atoms with Gasteiger partial charge >= 0.3 is 0 Å². The Balaban J connectivity index is 1.59. The van der Waals surface area contributed by atoms with E-state index in [0.717, 1.165) is 43.2 Å². The molecule has 0 aromatic heterocycles. The predicted octanol–water partition coefficient (Wildman–Crippen LogP) is 6.09. The van der Waals surface area contributed by atoms with E-state index in [1.54, 1.807) is 0 Å². The van der Waals surface area contributed by atoms with Crippen LogP contribution in [0.1, 0.15) is 51.5 Å². The van der Waals surface area contributed by atoms with Crippen molar-refractivity contribution >= 4 is 5.69 Å². The summed E-state index contributed by atoms with van der Waals surface area (Å²) in [5, 5.41) is 3.37. The fourth-order valence-electron chi connectivity index (χ4n) is 2.75. The molecule has 0 saturated heterocycles. The van der Waals surface area contributed by atoms with Crippen LogP contribution in [0.3, 0.4) is 0 Å². The summed E-state index contributed by atoms with van der Waals surface area (Å²) in [5.41, 5.74) is 2.42. The third kappa shape index (κ3) is 7.81. The van der Waals surface area contributed by atoms with Crippen molar-refractivity contribution in [2.45, 2.75) is 52.4 Å². The Hall–Kier alpha value is -2.16. The van der Waals surface area contributed by atoms with Crippen LogP contribution in [0.4, 0.5) is 5.69 Å². The molecule has 2 rings (SSSR count). The number of hydrogen-bond donors (Lipinski definition) is 1. The van der Waals surface area contributed by atoms with E-state index in [-0.39, 0.29) is 0 Å². The molecule has 26 heavy (non-hydrogen) atoms. The third-order valence-corrected chi connectivity index (χ3v) is 4.40. The second-order valence-corrected chi connectivity index (χ2v) is 6.56. The highest BCUT2D eigenvalue weighted by Gasteiger charge is 1.98. The molecule has 0 heterocycles. The molecule has 0 atom stereocenters. The maximum absolute atomic E-state index is 5.79. The number of hydrogen-bond acceptors (Lipinski definition) is 3. The summed E-state index contributed by atoms with van der Waals surface area (Å²) in [7, 11) is 0. The molecule has 2 aromatic rings. The molecule has 0 amide bonds. The van der Waals surface area contributed by atoms with Crippen LogP contribution in [0.15, 0.2) is 48.5 Å². The first-order valence-corrected chi connectivity index (χ1v) is 10.00. The summed E-state index contributed by atoms with van der Waals surface area (Å²) in [6.07, 6.45) is 7.37. The molecule has 0 aliphatic carbocycles. The van der Waals surface area contributed by atoms with Crippen molar-refractivity contribution in [2.24, 2.45) is 0 Å². The van der Waals surface area contributed by atoms with E-state index in [2.05, 4.69) is 43.4 Å². The van der Waals surface area contributed by atoms with Gasteiger partial charge in [-0.05, 0) is 54.8 Å². The van der Waals surface area contributed by atoms with Gasteiger partial charge in [0.1, 0.15) is 18.1 Å². The summed E-state index contributed by atoms with van der Waals surface area (Å²) in [6.45, 7) is 6.61. The smallest absolute Gasteiger partial charge is 0.119 e. The molecule has 0 aliphatic rings. The second kappa shape index (κ2) is 12.2. The first kappa shape index (κ1) is 20.2. The average Bonchev–Trinajstić information content (AvgIpc) is 2.69. The zero-order chi connectivity index (χ0) is 18.5. The Labute approximate surface area is 158 Å². The molecular weight excluding hydrogens is 322 g/mol. The van der Waals surface area contributed by atoms with E-state index in [9.17, 15) is 0 Å². The molecule has 142 valence electrons. The van der Waals surface area contributed by atoms with Crippen LogP contribution >= 0.6 is 0 Å². The molecule has 0 spiro atoms. The van der Waals surface area contributed by atoms with Crippen molar-refractivity contribution in [3.05, 3.63) is 54.1 Å². The van der Waals surface area contributed by atoms with Gasteiger partial charge in [-0.1, -0.05) is 51.7 Å². The Morgan fingerprint density at radius 1 is 0.692 bits per heavy atom. The highest BCUT2D eigenvalue weighted by Crippen LogP contribution is 2.16. The molecule has 0 unspecified atom stereocenters. The number of anilines is 1. The van der Waals surface area contributed by atoms with E-state index in [1.807, 2.05) is 24.3 Å². The van der Waals surface area contributed by atoms with Gasteiger partial charge in [-0.3, -0.25) is 0 Å². The van der Waals surface area contributed by atoms with Crippen molar-refractivity contribution in [3.63, 3.8) is 0 Å². The van der Waals surface area contributed by atoms with Gasteiger partial charge in [0.05, 0.1) is 6.61 Å². The molecule has 2 aromatic carbocycles. The Morgan fingerprint density at radius 2 is 1.31 bits per heavy atom. The molecule has 0 radical (unpaired) electrons. The summed E-state index contributed by atoms with van der Waals surface area (Å²) < 4.78 is 11.5. The molecule has 0 saturated carbocycles. The SMILES string of the molecule is CCCCCCCOc1ccc(NCCOc2ccc(CC)cc2)cc1. The number of aryl methyl sites for hydroxylation is 1. The van der Waals surface area contributed by atoms with Crippen LogP contribution in [0.5, 0.6) is 11.5 Å². The van der Waals surface area contributed by atoms with E-state index < -0.39 is 0 Å². The van der Waals surface area contributed by atoms with Gasteiger partial charge in [0.15, 0.2) is 0 Å². The first-order valence-electron chi connectivity index (χ1n) is 10.00. The number of rotatable bonds is 13. The van der Waals surface area contributed by atoms with Crippen LogP contribution in [0.2, 0.25) is 0 Å². The van der Waals surface area contributed by atoms with Gasteiger partial charge in [-0.2, -0.15) is 0 Å². The van der Waals surface area contributed by atoms with Gasteiger partial charge in [-0.25, -0.2) is 0 Å².